The van der Waals surface area contributed by atoms with Crippen LogP contribution in [0, 0.1) is 0 Å². The third-order valence-corrected chi connectivity index (χ3v) is 6.97. The van der Waals surface area contributed by atoms with E-state index in [0.29, 0.717) is 12.3 Å². The third-order valence-electron chi connectivity index (χ3n) is 4.88. The molecule has 0 saturated heterocycles. The zero-order chi connectivity index (χ0) is 17.7. The first-order chi connectivity index (χ1) is 12.8. The van der Waals surface area contributed by atoms with E-state index in [9.17, 15) is 4.79 Å². The summed E-state index contributed by atoms with van der Waals surface area (Å²) in [5.41, 5.74) is 2.41. The van der Waals surface area contributed by atoms with Crippen LogP contribution in [-0.4, -0.2) is 24.9 Å². The summed E-state index contributed by atoms with van der Waals surface area (Å²) in [7, 11) is 0. The van der Waals surface area contributed by atoms with Gasteiger partial charge < -0.3 is 0 Å². The number of aryl methyl sites for hydroxylation is 2. The molecule has 1 aliphatic carbocycles. The fourth-order valence-corrected chi connectivity index (χ4v) is 5.84. The van der Waals surface area contributed by atoms with Crippen LogP contribution in [-0.2, 0) is 19.4 Å². The van der Waals surface area contributed by atoms with E-state index in [1.165, 1.54) is 10.4 Å². The summed E-state index contributed by atoms with van der Waals surface area (Å²) < 4.78 is 3.88. The van der Waals surface area contributed by atoms with E-state index in [2.05, 4.69) is 21.5 Å². The van der Waals surface area contributed by atoms with E-state index in [1.54, 1.807) is 27.7 Å². The number of fused-ring (bicyclic) bond motifs is 5. The Bertz CT molecular complexity index is 1170. The molecule has 0 spiro atoms. The van der Waals surface area contributed by atoms with Crippen LogP contribution in [0.15, 0.2) is 40.3 Å². The van der Waals surface area contributed by atoms with Gasteiger partial charge in [-0.05, 0) is 36.1 Å². The van der Waals surface area contributed by atoms with Crippen LogP contribution in [0.25, 0.3) is 16.0 Å². The summed E-state index contributed by atoms with van der Waals surface area (Å²) in [6.45, 7) is 2.62. The van der Waals surface area contributed by atoms with Crippen molar-refractivity contribution >= 4 is 39.1 Å². The van der Waals surface area contributed by atoms with Crippen molar-refractivity contribution in [1.82, 2.24) is 19.2 Å². The molecule has 0 saturated carbocycles. The van der Waals surface area contributed by atoms with Gasteiger partial charge in [-0.25, -0.2) is 4.40 Å². The molecule has 0 unspecified atom stereocenters. The Morgan fingerprint density at radius 3 is 2.85 bits per heavy atom. The summed E-state index contributed by atoms with van der Waals surface area (Å²) >= 11 is 3.41. The predicted molar refractivity (Wildman–Crippen MR) is 107 cm³/mol. The maximum Gasteiger partial charge on any atom is 0.264 e. The first-order valence-corrected chi connectivity index (χ1v) is 10.7. The summed E-state index contributed by atoms with van der Waals surface area (Å²) in [6, 6.07) is 10.1. The van der Waals surface area contributed by atoms with Crippen molar-refractivity contribution in [3.8, 4) is 0 Å². The standard InChI is InChI=1S/C19H18N4OS2/c1-2-25-19-21-20-18-22(11-12-7-4-3-5-8-12)16(24)15-13-9-6-10-14(13)26-17(15)23(18)19/h3-5,7-8H,2,6,9-11H2,1H3. The first kappa shape index (κ1) is 16.1. The number of thioether (sulfide) groups is 1. The fourth-order valence-electron chi connectivity index (χ4n) is 3.74. The topological polar surface area (TPSA) is 52.2 Å². The molecule has 0 N–H and O–H groups in total. The van der Waals surface area contributed by atoms with E-state index < -0.39 is 0 Å². The molecule has 0 radical (unpaired) electrons. The molecule has 0 fully saturated rings. The molecule has 26 heavy (non-hydrogen) atoms. The van der Waals surface area contributed by atoms with Crippen LogP contribution < -0.4 is 5.56 Å². The number of rotatable bonds is 4. The van der Waals surface area contributed by atoms with Crippen molar-refractivity contribution in [2.75, 3.05) is 5.75 Å². The normalized spacial score (nSPS) is 13.7. The van der Waals surface area contributed by atoms with Gasteiger partial charge in [-0.3, -0.25) is 9.36 Å². The minimum Gasteiger partial charge on any atom is -0.272 e. The lowest BCUT2D eigenvalue weighted by molar-refractivity contribution is 0.764. The lowest BCUT2D eigenvalue weighted by Crippen LogP contribution is -2.24. The lowest BCUT2D eigenvalue weighted by atomic mass is 10.2. The lowest BCUT2D eigenvalue weighted by Gasteiger charge is -2.10. The number of hydrogen-bond donors (Lipinski definition) is 0. The van der Waals surface area contributed by atoms with Gasteiger partial charge in [0.25, 0.3) is 5.56 Å². The van der Waals surface area contributed by atoms with Crippen molar-refractivity contribution < 1.29 is 0 Å². The second kappa shape index (κ2) is 6.25. The molecule has 1 aliphatic rings. The zero-order valence-corrected chi connectivity index (χ0v) is 16.1. The molecule has 0 atom stereocenters. The van der Waals surface area contributed by atoms with E-state index in [-0.39, 0.29) is 5.56 Å². The van der Waals surface area contributed by atoms with Crippen LogP contribution in [0.3, 0.4) is 0 Å². The fraction of sp³-hybridized carbons (Fsp3) is 0.316. The van der Waals surface area contributed by atoms with Crippen molar-refractivity contribution in [2.45, 2.75) is 37.9 Å². The van der Waals surface area contributed by atoms with Crippen molar-refractivity contribution in [3.63, 3.8) is 0 Å². The third kappa shape index (κ3) is 2.34. The molecule has 5 rings (SSSR count). The average molecular weight is 383 g/mol. The van der Waals surface area contributed by atoms with Gasteiger partial charge in [0, 0.05) is 4.88 Å². The van der Waals surface area contributed by atoms with Crippen LogP contribution in [0.4, 0.5) is 0 Å². The number of thiophene rings is 1. The van der Waals surface area contributed by atoms with Gasteiger partial charge in [-0.2, -0.15) is 0 Å². The molecule has 0 amide bonds. The SMILES string of the molecule is CCSc1nnc2n(Cc3ccccc3)c(=O)c3c4c(sc3n12)CCC4. The van der Waals surface area contributed by atoms with Gasteiger partial charge in [-0.15, -0.1) is 21.5 Å². The van der Waals surface area contributed by atoms with E-state index >= 15 is 0 Å². The van der Waals surface area contributed by atoms with E-state index in [4.69, 9.17) is 0 Å². The molecule has 0 aliphatic heterocycles. The highest BCUT2D eigenvalue weighted by Gasteiger charge is 2.25. The minimum atomic E-state index is 0.0659. The Hall–Kier alpha value is -2.12. The molecule has 7 heteroatoms. The number of benzene rings is 1. The van der Waals surface area contributed by atoms with Gasteiger partial charge in [0.15, 0.2) is 5.16 Å². The Labute approximate surface area is 158 Å². The molecule has 3 heterocycles. The smallest absolute Gasteiger partial charge is 0.264 e. The molecular weight excluding hydrogens is 364 g/mol. The highest BCUT2D eigenvalue weighted by molar-refractivity contribution is 7.99. The molecular formula is C19H18N4OS2. The first-order valence-electron chi connectivity index (χ1n) is 8.87. The maximum atomic E-state index is 13.4. The minimum absolute atomic E-state index is 0.0659. The van der Waals surface area contributed by atoms with Crippen LogP contribution in [0.2, 0.25) is 0 Å². The summed E-state index contributed by atoms with van der Waals surface area (Å²) in [5.74, 6) is 1.56. The van der Waals surface area contributed by atoms with Crippen molar-refractivity contribution in [2.24, 2.45) is 0 Å². The van der Waals surface area contributed by atoms with Crippen LogP contribution >= 0.6 is 23.1 Å². The molecule has 3 aromatic heterocycles. The number of hydrogen-bond acceptors (Lipinski definition) is 5. The predicted octanol–water partition coefficient (Wildman–Crippen LogP) is 3.75. The average Bonchev–Trinajstić information content (AvgIpc) is 3.33. The highest BCUT2D eigenvalue weighted by Crippen LogP contribution is 2.37. The molecule has 4 aromatic rings. The summed E-state index contributed by atoms with van der Waals surface area (Å²) in [5, 5.41) is 10.5. The van der Waals surface area contributed by atoms with Gasteiger partial charge in [0.2, 0.25) is 5.78 Å². The van der Waals surface area contributed by atoms with Crippen molar-refractivity contribution in [1.29, 1.82) is 0 Å². The monoisotopic (exact) mass is 382 g/mol. The zero-order valence-electron chi connectivity index (χ0n) is 14.4. The Morgan fingerprint density at radius 1 is 1.19 bits per heavy atom. The molecule has 1 aromatic carbocycles. The molecule has 0 bridgehead atoms. The largest absolute Gasteiger partial charge is 0.272 e. The summed E-state index contributed by atoms with van der Waals surface area (Å²) in [6.07, 6.45) is 3.22. The molecule has 5 nitrogen and oxygen atoms in total. The molecule has 132 valence electrons. The van der Waals surface area contributed by atoms with Crippen LogP contribution in [0.5, 0.6) is 0 Å². The quantitative estimate of drug-likeness (QED) is 0.505. The van der Waals surface area contributed by atoms with Crippen LogP contribution in [0.1, 0.15) is 29.3 Å². The summed E-state index contributed by atoms with van der Waals surface area (Å²) in [4.78, 5) is 15.8. The van der Waals surface area contributed by atoms with Gasteiger partial charge in [-0.1, -0.05) is 49.0 Å². The van der Waals surface area contributed by atoms with E-state index in [1.807, 2.05) is 30.3 Å². The Kier molecular flexibility index (Phi) is 3.86. The van der Waals surface area contributed by atoms with Crippen molar-refractivity contribution in [3.05, 3.63) is 56.7 Å². The highest BCUT2D eigenvalue weighted by atomic mass is 32.2. The Morgan fingerprint density at radius 2 is 2.04 bits per heavy atom. The van der Waals surface area contributed by atoms with Gasteiger partial charge in [0.1, 0.15) is 4.83 Å². The van der Waals surface area contributed by atoms with E-state index in [0.717, 1.165) is 46.0 Å². The second-order valence-electron chi connectivity index (χ2n) is 6.47. The maximum absolute atomic E-state index is 13.4. The van der Waals surface area contributed by atoms with Gasteiger partial charge >= 0.3 is 0 Å². The Balaban J connectivity index is 1.85. The second-order valence-corrected chi connectivity index (χ2v) is 8.78. The number of aromatic nitrogens is 4. The van der Waals surface area contributed by atoms with Gasteiger partial charge in [0.05, 0.1) is 11.9 Å². The number of nitrogens with zero attached hydrogens (tertiary/aromatic N) is 4.